The van der Waals surface area contributed by atoms with E-state index in [9.17, 15) is 4.79 Å². The van der Waals surface area contributed by atoms with Crippen molar-refractivity contribution in [2.75, 3.05) is 26.7 Å². The van der Waals surface area contributed by atoms with Gasteiger partial charge < -0.3 is 9.64 Å². The highest BCUT2D eigenvalue weighted by molar-refractivity contribution is 5.85. The summed E-state index contributed by atoms with van der Waals surface area (Å²) in [6, 6.07) is 24.1. The molecule has 37 heavy (non-hydrogen) atoms. The highest BCUT2D eigenvalue weighted by atomic mass is 16.5. The summed E-state index contributed by atoms with van der Waals surface area (Å²) >= 11 is 0. The van der Waals surface area contributed by atoms with E-state index >= 15 is 0 Å². The van der Waals surface area contributed by atoms with Crippen molar-refractivity contribution in [2.24, 2.45) is 11.8 Å². The lowest BCUT2D eigenvalue weighted by atomic mass is 9.84. The van der Waals surface area contributed by atoms with Gasteiger partial charge >= 0.3 is 0 Å². The molecule has 1 saturated carbocycles. The van der Waals surface area contributed by atoms with Crippen LogP contribution in [0.3, 0.4) is 0 Å². The fourth-order valence-corrected chi connectivity index (χ4v) is 6.00. The minimum absolute atomic E-state index is 0.0276. The number of piperidine rings is 1. The first-order chi connectivity index (χ1) is 18.2. The van der Waals surface area contributed by atoms with E-state index in [4.69, 9.17) is 9.72 Å². The predicted octanol–water partition coefficient (Wildman–Crippen LogP) is 6.25. The molecule has 4 aromatic rings. The largest absolute Gasteiger partial charge is 0.496 e. The van der Waals surface area contributed by atoms with Crippen LogP contribution >= 0.6 is 0 Å². The van der Waals surface area contributed by atoms with Crippen LogP contribution in [0, 0.1) is 11.8 Å². The van der Waals surface area contributed by atoms with E-state index in [1.165, 1.54) is 38.8 Å². The molecule has 0 N–H and O–H groups in total. The fraction of sp³-hybridized carbons (Fsp3) is 0.375. The molecule has 0 amide bonds. The van der Waals surface area contributed by atoms with Crippen molar-refractivity contribution in [3.8, 4) is 28.3 Å². The van der Waals surface area contributed by atoms with Gasteiger partial charge in [0.25, 0.3) is 5.56 Å². The highest BCUT2D eigenvalue weighted by Gasteiger charge is 2.27. The molecule has 0 bridgehead atoms. The Morgan fingerprint density at radius 3 is 2.43 bits per heavy atom. The van der Waals surface area contributed by atoms with Gasteiger partial charge in [0.2, 0.25) is 0 Å². The van der Waals surface area contributed by atoms with Gasteiger partial charge in [-0.25, -0.2) is 4.98 Å². The minimum atomic E-state index is 0.0276. The van der Waals surface area contributed by atoms with Gasteiger partial charge in [0, 0.05) is 19.6 Å². The van der Waals surface area contributed by atoms with Gasteiger partial charge in [-0.3, -0.25) is 9.36 Å². The number of benzene rings is 3. The Balaban J connectivity index is 1.42. The number of hydrogen-bond acceptors (Lipinski definition) is 4. The lowest BCUT2D eigenvalue weighted by Gasteiger charge is -2.37. The van der Waals surface area contributed by atoms with Crippen LogP contribution in [-0.4, -0.2) is 41.2 Å². The summed E-state index contributed by atoms with van der Waals surface area (Å²) in [5, 5.41) is 0.669. The van der Waals surface area contributed by atoms with E-state index in [2.05, 4.69) is 23.1 Å². The number of hydrogen-bond donors (Lipinski definition) is 0. The average molecular weight is 494 g/mol. The first-order valence-corrected chi connectivity index (χ1v) is 13.7. The molecule has 1 aliphatic carbocycles. The second-order valence-corrected chi connectivity index (χ2v) is 10.7. The molecule has 1 aliphatic heterocycles. The van der Waals surface area contributed by atoms with Crippen molar-refractivity contribution in [2.45, 2.75) is 38.6 Å². The first kappa shape index (κ1) is 23.9. The van der Waals surface area contributed by atoms with Gasteiger partial charge in [0.15, 0.2) is 0 Å². The molecule has 1 atom stereocenters. The number of fused-ring (bicyclic) bond motifs is 1. The smallest absolute Gasteiger partial charge is 0.261 e. The molecule has 2 fully saturated rings. The minimum Gasteiger partial charge on any atom is -0.496 e. The molecule has 1 saturated heterocycles. The number of methoxy groups -OCH3 is 1. The molecule has 0 unspecified atom stereocenters. The first-order valence-electron chi connectivity index (χ1n) is 13.7. The standard InChI is InChI=1S/C32H35N3O2/c1-37-30-15-6-5-14-27(30)31-33-29-17-16-26(25-12-3-2-4-13-25)19-28(29)32(36)35(31)22-24-11-8-18-34(21-24)20-23-9-7-10-23/h2-6,12-17,19,23-24H,7-11,18,20-22H2,1H3/t24-/m1/s1. The average Bonchev–Trinajstić information content (AvgIpc) is 2.93. The summed E-state index contributed by atoms with van der Waals surface area (Å²) < 4.78 is 7.61. The fourth-order valence-electron chi connectivity index (χ4n) is 6.00. The summed E-state index contributed by atoms with van der Waals surface area (Å²) in [6.45, 7) is 4.11. The third-order valence-electron chi connectivity index (χ3n) is 8.19. The van der Waals surface area contributed by atoms with Gasteiger partial charge in [0.1, 0.15) is 11.6 Å². The normalized spacial score (nSPS) is 18.6. The van der Waals surface area contributed by atoms with E-state index < -0.39 is 0 Å². The van der Waals surface area contributed by atoms with Crippen LogP contribution in [0.25, 0.3) is 33.4 Å². The zero-order chi connectivity index (χ0) is 25.2. The van der Waals surface area contributed by atoms with Crippen LogP contribution in [0.4, 0.5) is 0 Å². The molecule has 0 radical (unpaired) electrons. The van der Waals surface area contributed by atoms with Crippen molar-refractivity contribution >= 4 is 10.9 Å². The van der Waals surface area contributed by atoms with Crippen LogP contribution in [0.2, 0.25) is 0 Å². The van der Waals surface area contributed by atoms with Gasteiger partial charge in [0.05, 0.1) is 23.6 Å². The molecule has 0 spiro atoms. The quantitative estimate of drug-likeness (QED) is 0.305. The Bertz CT molecular complexity index is 1440. The Labute approximate surface area is 218 Å². The zero-order valence-corrected chi connectivity index (χ0v) is 21.6. The van der Waals surface area contributed by atoms with Crippen molar-refractivity contribution in [3.05, 3.63) is 83.2 Å². The summed E-state index contributed by atoms with van der Waals surface area (Å²) in [5.41, 5.74) is 3.74. The molecule has 6 rings (SSSR count). The Kier molecular flexibility index (Phi) is 6.79. The molecular formula is C32H35N3O2. The van der Waals surface area contributed by atoms with Crippen molar-refractivity contribution in [3.63, 3.8) is 0 Å². The molecular weight excluding hydrogens is 458 g/mol. The summed E-state index contributed by atoms with van der Waals surface area (Å²) in [6.07, 6.45) is 6.46. The van der Waals surface area contributed by atoms with E-state index in [-0.39, 0.29) is 5.56 Å². The zero-order valence-electron chi connectivity index (χ0n) is 21.6. The van der Waals surface area contributed by atoms with Crippen LogP contribution in [0.15, 0.2) is 77.6 Å². The van der Waals surface area contributed by atoms with Gasteiger partial charge in [-0.2, -0.15) is 0 Å². The van der Waals surface area contributed by atoms with E-state index in [0.29, 0.717) is 23.7 Å². The van der Waals surface area contributed by atoms with Crippen LogP contribution in [0.5, 0.6) is 5.75 Å². The maximum atomic E-state index is 14.2. The molecule has 2 heterocycles. The molecule has 2 aliphatic rings. The Morgan fingerprint density at radius 1 is 0.865 bits per heavy atom. The highest BCUT2D eigenvalue weighted by Crippen LogP contribution is 2.32. The Morgan fingerprint density at radius 2 is 1.65 bits per heavy atom. The monoisotopic (exact) mass is 493 g/mol. The maximum absolute atomic E-state index is 14.2. The van der Waals surface area contributed by atoms with Gasteiger partial charge in [-0.05, 0) is 79.5 Å². The number of rotatable bonds is 7. The maximum Gasteiger partial charge on any atom is 0.261 e. The van der Waals surface area contributed by atoms with Crippen molar-refractivity contribution < 1.29 is 4.74 Å². The van der Waals surface area contributed by atoms with Gasteiger partial charge in [-0.15, -0.1) is 0 Å². The molecule has 3 aromatic carbocycles. The van der Waals surface area contributed by atoms with Crippen LogP contribution in [-0.2, 0) is 6.54 Å². The molecule has 190 valence electrons. The molecule has 5 nitrogen and oxygen atoms in total. The van der Waals surface area contributed by atoms with Crippen molar-refractivity contribution in [1.82, 2.24) is 14.5 Å². The lowest BCUT2D eigenvalue weighted by molar-refractivity contribution is 0.117. The third-order valence-corrected chi connectivity index (χ3v) is 8.19. The third kappa shape index (κ3) is 4.93. The number of nitrogens with zero attached hydrogens (tertiary/aromatic N) is 3. The number of para-hydroxylation sites is 1. The van der Waals surface area contributed by atoms with E-state index in [1.54, 1.807) is 7.11 Å². The van der Waals surface area contributed by atoms with Crippen LogP contribution < -0.4 is 10.3 Å². The number of aromatic nitrogens is 2. The van der Waals surface area contributed by atoms with Crippen LogP contribution in [0.1, 0.15) is 32.1 Å². The summed E-state index contributed by atoms with van der Waals surface area (Å²) in [5.74, 6) is 2.72. The summed E-state index contributed by atoms with van der Waals surface area (Å²) in [7, 11) is 1.67. The Hall–Kier alpha value is -3.44. The van der Waals surface area contributed by atoms with E-state index in [1.807, 2.05) is 59.2 Å². The summed E-state index contributed by atoms with van der Waals surface area (Å²) in [4.78, 5) is 21.9. The second kappa shape index (κ2) is 10.5. The SMILES string of the molecule is COc1ccccc1-c1nc2ccc(-c3ccccc3)cc2c(=O)n1C[C@@H]1CCCN(CC2CCC2)C1. The molecule has 1 aromatic heterocycles. The topological polar surface area (TPSA) is 47.4 Å². The number of likely N-dealkylation sites (tertiary alicyclic amines) is 1. The predicted molar refractivity (Wildman–Crippen MR) is 150 cm³/mol. The molecule has 5 heteroatoms. The van der Waals surface area contributed by atoms with Gasteiger partial charge in [-0.1, -0.05) is 55.0 Å². The van der Waals surface area contributed by atoms with E-state index in [0.717, 1.165) is 46.8 Å². The number of ether oxygens (including phenoxy) is 1. The lowest BCUT2D eigenvalue weighted by Crippen LogP contribution is -2.42. The second-order valence-electron chi connectivity index (χ2n) is 10.7. The van der Waals surface area contributed by atoms with Crippen molar-refractivity contribution in [1.29, 1.82) is 0 Å².